The van der Waals surface area contributed by atoms with Crippen LogP contribution in [0.1, 0.15) is 0 Å². The molecule has 5 heterocycles. The Balaban J connectivity index is 1.37. The standard InChI is InChI=1S/C38H23N3O3/c1-2-10-37-34(9-1)40-38(44-37)32-21-36-31(20-29(32)27-14-17-43-23-27)30-19-24(26-13-16-42-22-26)11-12-35(30)41(36)28-7-5-6-25(18-28)33-8-3-4-15-39-33/h1-23H. The Morgan fingerprint density at radius 1 is 0.568 bits per heavy atom. The molecule has 0 atom stereocenters. The van der Waals surface area contributed by atoms with Gasteiger partial charge in [-0.1, -0.05) is 36.4 Å². The highest BCUT2D eigenvalue weighted by Gasteiger charge is 2.21. The second-order valence-corrected chi connectivity index (χ2v) is 10.8. The van der Waals surface area contributed by atoms with Crippen LogP contribution in [0.25, 0.3) is 83.6 Å². The summed E-state index contributed by atoms with van der Waals surface area (Å²) in [5.74, 6) is 0.558. The zero-order valence-corrected chi connectivity index (χ0v) is 23.3. The lowest BCUT2D eigenvalue weighted by atomic mass is 9.98. The third-order valence-corrected chi connectivity index (χ3v) is 8.18. The average molecular weight is 570 g/mol. The molecule has 0 radical (unpaired) electrons. The van der Waals surface area contributed by atoms with Gasteiger partial charge in [-0.3, -0.25) is 4.98 Å². The second kappa shape index (κ2) is 9.71. The molecule has 0 aliphatic carbocycles. The van der Waals surface area contributed by atoms with Crippen LogP contribution in [0.4, 0.5) is 0 Å². The Labute approximate surface area is 251 Å². The van der Waals surface area contributed by atoms with Crippen molar-refractivity contribution in [2.75, 3.05) is 0 Å². The first kappa shape index (κ1) is 24.5. The zero-order valence-electron chi connectivity index (χ0n) is 23.3. The molecule has 6 heteroatoms. The number of aromatic nitrogens is 3. The first-order chi connectivity index (χ1) is 21.8. The molecule has 6 nitrogen and oxygen atoms in total. The predicted octanol–water partition coefficient (Wildman–Crippen LogP) is 10.2. The summed E-state index contributed by atoms with van der Waals surface area (Å²) < 4.78 is 19.6. The van der Waals surface area contributed by atoms with E-state index in [0.717, 1.165) is 77.7 Å². The van der Waals surface area contributed by atoms with E-state index in [1.54, 1.807) is 25.1 Å². The van der Waals surface area contributed by atoms with Gasteiger partial charge in [0, 0.05) is 44.9 Å². The summed E-state index contributed by atoms with van der Waals surface area (Å²) in [5, 5.41) is 2.22. The van der Waals surface area contributed by atoms with Gasteiger partial charge in [-0.2, -0.15) is 0 Å². The van der Waals surface area contributed by atoms with Crippen molar-refractivity contribution in [1.29, 1.82) is 0 Å². The smallest absolute Gasteiger partial charge is 0.228 e. The molecular weight excluding hydrogens is 546 g/mol. The van der Waals surface area contributed by atoms with Gasteiger partial charge in [0.15, 0.2) is 5.58 Å². The van der Waals surface area contributed by atoms with Gasteiger partial charge < -0.3 is 17.8 Å². The van der Waals surface area contributed by atoms with Gasteiger partial charge in [-0.15, -0.1) is 0 Å². The maximum absolute atomic E-state index is 6.34. The van der Waals surface area contributed by atoms with Gasteiger partial charge in [0.05, 0.1) is 41.8 Å². The quantitative estimate of drug-likeness (QED) is 0.206. The molecule has 0 aliphatic rings. The molecule has 0 saturated heterocycles. The largest absolute Gasteiger partial charge is 0.472 e. The van der Waals surface area contributed by atoms with Crippen LogP contribution in [0.5, 0.6) is 0 Å². The van der Waals surface area contributed by atoms with Gasteiger partial charge in [-0.05, 0) is 83.9 Å². The van der Waals surface area contributed by atoms with Crippen LogP contribution in [0.15, 0.2) is 154 Å². The third-order valence-electron chi connectivity index (χ3n) is 8.18. The molecule has 4 aromatic carbocycles. The highest BCUT2D eigenvalue weighted by atomic mass is 16.3. The van der Waals surface area contributed by atoms with Crippen molar-refractivity contribution < 1.29 is 13.3 Å². The molecule has 9 aromatic rings. The Kier molecular flexibility index (Phi) is 5.40. The van der Waals surface area contributed by atoms with Gasteiger partial charge in [-0.25, -0.2) is 4.98 Å². The van der Waals surface area contributed by atoms with Crippen molar-refractivity contribution in [1.82, 2.24) is 14.5 Å². The fourth-order valence-corrected chi connectivity index (χ4v) is 6.11. The van der Waals surface area contributed by atoms with E-state index in [-0.39, 0.29) is 0 Å². The normalized spacial score (nSPS) is 11.6. The minimum Gasteiger partial charge on any atom is -0.472 e. The predicted molar refractivity (Wildman–Crippen MR) is 172 cm³/mol. The molecule has 44 heavy (non-hydrogen) atoms. The summed E-state index contributed by atoms with van der Waals surface area (Å²) in [6.45, 7) is 0. The monoisotopic (exact) mass is 569 g/mol. The van der Waals surface area contributed by atoms with Crippen molar-refractivity contribution in [3.63, 3.8) is 0 Å². The number of hydrogen-bond acceptors (Lipinski definition) is 5. The molecule has 0 amide bonds. The van der Waals surface area contributed by atoms with Gasteiger partial charge >= 0.3 is 0 Å². The lowest BCUT2D eigenvalue weighted by molar-refractivity contribution is 0.568. The van der Waals surface area contributed by atoms with E-state index in [2.05, 4.69) is 64.1 Å². The molecule has 0 unspecified atom stereocenters. The number of nitrogens with zero attached hydrogens (tertiary/aromatic N) is 3. The number of benzene rings is 4. The summed E-state index contributed by atoms with van der Waals surface area (Å²) in [7, 11) is 0. The molecule has 0 bridgehead atoms. The topological polar surface area (TPSA) is 70.1 Å². The lowest BCUT2D eigenvalue weighted by Gasteiger charge is -2.12. The Morgan fingerprint density at radius 2 is 1.41 bits per heavy atom. The lowest BCUT2D eigenvalue weighted by Crippen LogP contribution is -1.95. The third kappa shape index (κ3) is 3.89. The molecule has 0 fully saturated rings. The summed E-state index contributed by atoms with van der Waals surface area (Å²) in [6, 6.07) is 37.3. The van der Waals surface area contributed by atoms with Crippen LogP contribution < -0.4 is 0 Å². The number of oxazole rings is 1. The number of furan rings is 2. The summed E-state index contributed by atoms with van der Waals surface area (Å²) in [4.78, 5) is 9.50. The molecule has 9 rings (SSSR count). The van der Waals surface area contributed by atoms with E-state index in [1.165, 1.54) is 0 Å². The Bertz CT molecular complexity index is 2400. The van der Waals surface area contributed by atoms with E-state index < -0.39 is 0 Å². The van der Waals surface area contributed by atoms with Gasteiger partial charge in [0.2, 0.25) is 5.89 Å². The SMILES string of the molecule is c1ccc(-c2cccc(-n3c4ccc(-c5ccoc5)cc4c4cc(-c5ccoc5)c(-c5nc6ccccc6o5)cc43)c2)nc1. The highest BCUT2D eigenvalue weighted by Crippen LogP contribution is 2.42. The first-order valence-electron chi connectivity index (χ1n) is 14.4. The van der Waals surface area contributed by atoms with E-state index in [9.17, 15) is 0 Å². The van der Waals surface area contributed by atoms with Crippen LogP contribution in [0.2, 0.25) is 0 Å². The molecule has 0 saturated carbocycles. The minimum atomic E-state index is 0.558. The molecule has 208 valence electrons. The van der Waals surface area contributed by atoms with Crippen LogP contribution in [0.3, 0.4) is 0 Å². The number of hydrogen-bond donors (Lipinski definition) is 0. The van der Waals surface area contributed by atoms with Crippen LogP contribution in [-0.2, 0) is 0 Å². The van der Waals surface area contributed by atoms with Crippen molar-refractivity contribution >= 4 is 32.9 Å². The van der Waals surface area contributed by atoms with Crippen LogP contribution >= 0.6 is 0 Å². The summed E-state index contributed by atoms with van der Waals surface area (Å²) in [5.41, 5.74) is 11.6. The summed E-state index contributed by atoms with van der Waals surface area (Å²) in [6.07, 6.45) is 8.76. The fraction of sp³-hybridized carbons (Fsp3) is 0. The van der Waals surface area contributed by atoms with Crippen molar-refractivity contribution in [3.05, 3.63) is 140 Å². The maximum atomic E-state index is 6.34. The van der Waals surface area contributed by atoms with Crippen molar-refractivity contribution in [3.8, 4) is 50.7 Å². The van der Waals surface area contributed by atoms with E-state index in [0.29, 0.717) is 5.89 Å². The number of para-hydroxylation sites is 2. The second-order valence-electron chi connectivity index (χ2n) is 10.8. The van der Waals surface area contributed by atoms with Crippen LogP contribution in [0, 0.1) is 0 Å². The zero-order chi connectivity index (χ0) is 29.0. The Morgan fingerprint density at radius 3 is 2.23 bits per heavy atom. The van der Waals surface area contributed by atoms with Crippen LogP contribution in [-0.4, -0.2) is 14.5 Å². The first-order valence-corrected chi connectivity index (χ1v) is 14.4. The van der Waals surface area contributed by atoms with E-state index >= 15 is 0 Å². The average Bonchev–Trinajstić information content (AvgIpc) is 3.90. The molecule has 5 aromatic heterocycles. The number of pyridine rings is 1. The number of fused-ring (bicyclic) bond motifs is 4. The fourth-order valence-electron chi connectivity index (χ4n) is 6.11. The Hall–Kier alpha value is -6.14. The molecule has 0 spiro atoms. The van der Waals surface area contributed by atoms with E-state index in [4.69, 9.17) is 18.2 Å². The van der Waals surface area contributed by atoms with Gasteiger partial charge in [0.1, 0.15) is 5.52 Å². The van der Waals surface area contributed by atoms with E-state index in [1.807, 2.05) is 60.8 Å². The highest BCUT2D eigenvalue weighted by molar-refractivity contribution is 6.13. The van der Waals surface area contributed by atoms with Crippen molar-refractivity contribution in [2.45, 2.75) is 0 Å². The number of rotatable bonds is 5. The van der Waals surface area contributed by atoms with Crippen molar-refractivity contribution in [2.24, 2.45) is 0 Å². The molecular formula is C38H23N3O3. The summed E-state index contributed by atoms with van der Waals surface area (Å²) >= 11 is 0. The minimum absolute atomic E-state index is 0.558. The van der Waals surface area contributed by atoms with Gasteiger partial charge in [0.25, 0.3) is 0 Å². The maximum Gasteiger partial charge on any atom is 0.228 e. The molecule has 0 aliphatic heterocycles. The molecule has 0 N–H and O–H groups in total.